The van der Waals surface area contributed by atoms with Crippen LogP contribution in [0.3, 0.4) is 0 Å². The van der Waals surface area contributed by atoms with E-state index >= 15 is 0 Å². The third kappa shape index (κ3) is 3.47. The van der Waals surface area contributed by atoms with Crippen LogP contribution in [0, 0.1) is 6.92 Å². The average Bonchev–Trinajstić information content (AvgIpc) is 2.31. The molecule has 100 valence electrons. The van der Waals surface area contributed by atoms with Crippen LogP contribution in [0.15, 0.2) is 18.2 Å². The molecule has 1 aromatic rings. The summed E-state index contributed by atoms with van der Waals surface area (Å²) in [5, 5.41) is 21.5. The number of carboxylic acids is 1. The van der Waals surface area contributed by atoms with Crippen LogP contribution in [0.1, 0.15) is 42.6 Å². The van der Waals surface area contributed by atoms with Crippen molar-refractivity contribution in [1.82, 2.24) is 0 Å². The number of carboxylic acid groups (broad SMARTS) is 1. The van der Waals surface area contributed by atoms with Crippen molar-refractivity contribution in [3.63, 3.8) is 0 Å². The van der Waals surface area contributed by atoms with Crippen LogP contribution in [0.5, 0.6) is 0 Å². The molecule has 4 heteroatoms. The highest BCUT2D eigenvalue weighted by Gasteiger charge is 2.23. The van der Waals surface area contributed by atoms with Gasteiger partial charge in [-0.15, -0.1) is 0 Å². The van der Waals surface area contributed by atoms with Gasteiger partial charge in [-0.25, -0.2) is 4.79 Å². The number of hydrogen-bond donors (Lipinski definition) is 3. The minimum absolute atomic E-state index is 0.0750. The number of aliphatic hydroxyl groups is 1. The molecule has 0 spiro atoms. The Kier molecular flexibility index (Phi) is 4.73. The van der Waals surface area contributed by atoms with E-state index in [0.717, 1.165) is 12.0 Å². The maximum absolute atomic E-state index is 11.2. The Hall–Kier alpha value is -1.55. The van der Waals surface area contributed by atoms with Gasteiger partial charge in [0.15, 0.2) is 0 Å². The average molecular weight is 251 g/mol. The van der Waals surface area contributed by atoms with Crippen molar-refractivity contribution < 1.29 is 15.0 Å². The molecule has 0 aliphatic heterocycles. The summed E-state index contributed by atoms with van der Waals surface area (Å²) in [5.41, 5.74) is 1.49. The highest BCUT2D eigenvalue weighted by atomic mass is 16.4. The Morgan fingerprint density at radius 3 is 2.61 bits per heavy atom. The molecule has 0 saturated carbocycles. The van der Waals surface area contributed by atoms with Crippen molar-refractivity contribution in [1.29, 1.82) is 0 Å². The molecule has 0 aromatic heterocycles. The van der Waals surface area contributed by atoms with E-state index in [1.54, 1.807) is 12.1 Å². The Morgan fingerprint density at radius 1 is 1.44 bits per heavy atom. The molecule has 1 atom stereocenters. The molecule has 4 nitrogen and oxygen atoms in total. The molecule has 1 rings (SSSR count). The first-order valence-electron chi connectivity index (χ1n) is 6.15. The van der Waals surface area contributed by atoms with E-state index < -0.39 is 5.97 Å². The van der Waals surface area contributed by atoms with Crippen molar-refractivity contribution >= 4 is 11.7 Å². The summed E-state index contributed by atoms with van der Waals surface area (Å²) in [5.74, 6) is -0.941. The number of rotatable bonds is 6. The van der Waals surface area contributed by atoms with E-state index in [1.165, 1.54) is 0 Å². The van der Waals surface area contributed by atoms with Crippen molar-refractivity contribution in [2.45, 2.75) is 39.2 Å². The second kappa shape index (κ2) is 5.87. The van der Waals surface area contributed by atoms with Gasteiger partial charge in [0.05, 0.1) is 5.56 Å². The fourth-order valence-electron chi connectivity index (χ4n) is 1.84. The van der Waals surface area contributed by atoms with E-state index in [1.807, 2.05) is 26.8 Å². The molecular weight excluding hydrogens is 230 g/mol. The highest BCUT2D eigenvalue weighted by Crippen LogP contribution is 2.25. The second-order valence-corrected chi connectivity index (χ2v) is 4.87. The number of anilines is 1. The smallest absolute Gasteiger partial charge is 0.337 e. The van der Waals surface area contributed by atoms with Gasteiger partial charge in [0.2, 0.25) is 0 Å². The summed E-state index contributed by atoms with van der Waals surface area (Å²) in [6, 6.07) is 5.31. The molecule has 0 bridgehead atoms. The first kappa shape index (κ1) is 14.5. The number of aliphatic hydroxyl groups excluding tert-OH is 1. The Labute approximate surface area is 108 Å². The van der Waals surface area contributed by atoms with Gasteiger partial charge in [0, 0.05) is 17.8 Å². The number of hydrogen-bond acceptors (Lipinski definition) is 3. The summed E-state index contributed by atoms with van der Waals surface area (Å²) in [6.45, 7) is 5.93. The van der Waals surface area contributed by atoms with Gasteiger partial charge in [-0.05, 0) is 38.8 Å². The molecule has 0 heterocycles. The predicted octanol–water partition coefficient (Wildman–Crippen LogP) is 2.66. The Morgan fingerprint density at radius 2 is 2.11 bits per heavy atom. The first-order valence-corrected chi connectivity index (χ1v) is 6.15. The number of aromatic carboxylic acids is 1. The van der Waals surface area contributed by atoms with Gasteiger partial charge in [-0.2, -0.15) is 0 Å². The molecule has 0 radical (unpaired) electrons. The zero-order valence-electron chi connectivity index (χ0n) is 11.2. The van der Waals surface area contributed by atoms with Gasteiger partial charge >= 0.3 is 5.97 Å². The zero-order chi connectivity index (χ0) is 13.8. The van der Waals surface area contributed by atoms with Crippen LogP contribution >= 0.6 is 0 Å². The minimum Gasteiger partial charge on any atom is -0.478 e. The zero-order valence-corrected chi connectivity index (χ0v) is 11.2. The van der Waals surface area contributed by atoms with Crippen molar-refractivity contribution in [2.75, 3.05) is 11.9 Å². The van der Waals surface area contributed by atoms with Crippen LogP contribution in [0.4, 0.5) is 5.69 Å². The monoisotopic (exact) mass is 251 g/mol. The van der Waals surface area contributed by atoms with Crippen LogP contribution in [0.2, 0.25) is 0 Å². The summed E-state index contributed by atoms with van der Waals surface area (Å²) in [6.07, 6.45) is 1.39. The lowest BCUT2D eigenvalue weighted by Crippen LogP contribution is -2.35. The molecule has 3 N–H and O–H groups in total. The van der Waals surface area contributed by atoms with Gasteiger partial charge in [-0.3, -0.25) is 0 Å². The lowest BCUT2D eigenvalue weighted by atomic mass is 9.93. The fourth-order valence-corrected chi connectivity index (χ4v) is 1.84. The molecule has 0 aliphatic rings. The van der Waals surface area contributed by atoms with E-state index in [0.29, 0.717) is 12.1 Å². The third-order valence-electron chi connectivity index (χ3n) is 3.29. The number of aryl methyl sites for hydroxylation is 1. The van der Waals surface area contributed by atoms with Gasteiger partial charge < -0.3 is 15.5 Å². The van der Waals surface area contributed by atoms with E-state index in [9.17, 15) is 9.90 Å². The molecule has 0 aliphatic carbocycles. The Balaban J connectivity index is 3.06. The van der Waals surface area contributed by atoms with Gasteiger partial charge in [-0.1, -0.05) is 18.6 Å². The maximum atomic E-state index is 11.2. The van der Waals surface area contributed by atoms with Crippen molar-refractivity contribution in [2.24, 2.45) is 0 Å². The maximum Gasteiger partial charge on any atom is 0.337 e. The second-order valence-electron chi connectivity index (χ2n) is 4.87. The van der Waals surface area contributed by atoms with E-state index in [2.05, 4.69) is 5.32 Å². The molecule has 1 aromatic carbocycles. The van der Waals surface area contributed by atoms with Gasteiger partial charge in [0.1, 0.15) is 0 Å². The summed E-state index contributed by atoms with van der Waals surface area (Å²) >= 11 is 0. The largest absolute Gasteiger partial charge is 0.478 e. The summed E-state index contributed by atoms with van der Waals surface area (Å²) in [4.78, 5) is 11.2. The predicted molar refractivity (Wildman–Crippen MR) is 72.2 cm³/mol. The van der Waals surface area contributed by atoms with E-state index in [-0.39, 0.29) is 17.7 Å². The van der Waals surface area contributed by atoms with Crippen molar-refractivity contribution in [3.05, 3.63) is 29.3 Å². The van der Waals surface area contributed by atoms with Crippen LogP contribution in [-0.4, -0.2) is 28.3 Å². The topological polar surface area (TPSA) is 69.6 Å². The quantitative estimate of drug-likeness (QED) is 0.727. The molecule has 0 fully saturated rings. The summed E-state index contributed by atoms with van der Waals surface area (Å²) < 4.78 is 0. The SMILES string of the molecule is CCC(C)(CCO)Nc1ccc(C)cc1C(=O)O. The molecule has 18 heavy (non-hydrogen) atoms. The molecule has 0 saturated heterocycles. The molecule has 0 amide bonds. The molecule has 1 unspecified atom stereocenters. The third-order valence-corrected chi connectivity index (χ3v) is 3.29. The Bertz CT molecular complexity index is 431. The first-order chi connectivity index (χ1) is 8.41. The normalized spacial score (nSPS) is 14.0. The lowest BCUT2D eigenvalue weighted by molar-refractivity contribution is 0.0697. The number of nitrogens with one attached hydrogen (secondary N) is 1. The fraction of sp³-hybridized carbons (Fsp3) is 0.500. The van der Waals surface area contributed by atoms with Gasteiger partial charge in [0.25, 0.3) is 0 Å². The number of carbonyl (C=O) groups is 1. The highest BCUT2D eigenvalue weighted by molar-refractivity contribution is 5.94. The lowest BCUT2D eigenvalue weighted by Gasteiger charge is -2.31. The van der Waals surface area contributed by atoms with Crippen LogP contribution < -0.4 is 5.32 Å². The van der Waals surface area contributed by atoms with Crippen LogP contribution in [0.25, 0.3) is 0 Å². The minimum atomic E-state index is -0.941. The van der Waals surface area contributed by atoms with Crippen LogP contribution in [-0.2, 0) is 0 Å². The van der Waals surface area contributed by atoms with E-state index in [4.69, 9.17) is 5.11 Å². The molecular formula is C14H21NO3. The van der Waals surface area contributed by atoms with Crippen molar-refractivity contribution in [3.8, 4) is 0 Å². The number of benzene rings is 1. The standard InChI is InChI=1S/C14H21NO3/c1-4-14(3,7-8-16)15-12-6-5-10(2)9-11(12)13(17)18/h5-6,9,15-16H,4,7-8H2,1-3H3,(H,17,18). The summed E-state index contributed by atoms with van der Waals surface area (Å²) in [7, 11) is 0.